The van der Waals surface area contributed by atoms with E-state index in [1.54, 1.807) is 0 Å². The fourth-order valence-electron chi connectivity index (χ4n) is 2.74. The van der Waals surface area contributed by atoms with E-state index in [1.165, 1.54) is 0 Å². The van der Waals surface area contributed by atoms with E-state index in [0.29, 0.717) is 43.6 Å². The maximum Gasteiger partial charge on any atom is 0.258 e. The van der Waals surface area contributed by atoms with Crippen LogP contribution in [0, 0.1) is 5.92 Å². The lowest BCUT2D eigenvalue weighted by atomic mass is 10.0. The Balaban J connectivity index is 2.20. The fourth-order valence-corrected chi connectivity index (χ4v) is 2.74. The molecule has 0 bridgehead atoms. The molecule has 0 N–H and O–H groups in total. The molecule has 4 heteroatoms. The number of ether oxygens (including phenoxy) is 2. The van der Waals surface area contributed by atoms with Gasteiger partial charge in [-0.25, -0.2) is 0 Å². The van der Waals surface area contributed by atoms with E-state index in [9.17, 15) is 4.79 Å². The normalized spacial score (nSPS) is 18.9. The first-order chi connectivity index (χ1) is 10.1. The van der Waals surface area contributed by atoms with Crippen LogP contribution >= 0.6 is 0 Å². The molecule has 1 saturated heterocycles. The Labute approximate surface area is 127 Å². The number of rotatable bonds is 5. The van der Waals surface area contributed by atoms with Gasteiger partial charge in [0.2, 0.25) is 0 Å². The number of carbonyl (C=O) groups is 1. The third-order valence-corrected chi connectivity index (χ3v) is 3.65. The summed E-state index contributed by atoms with van der Waals surface area (Å²) in [5, 5.41) is 0. The first-order valence-electron chi connectivity index (χ1n) is 7.74. The second kappa shape index (κ2) is 7.46. The molecule has 4 nitrogen and oxygen atoms in total. The smallest absolute Gasteiger partial charge is 0.258 e. The minimum atomic E-state index is 0.0491. The van der Waals surface area contributed by atoms with Crippen molar-refractivity contribution < 1.29 is 14.3 Å². The third kappa shape index (κ3) is 3.97. The van der Waals surface area contributed by atoms with Crippen LogP contribution in [0.15, 0.2) is 24.3 Å². The van der Waals surface area contributed by atoms with Crippen LogP contribution in [-0.2, 0) is 4.74 Å². The minimum absolute atomic E-state index is 0.0491. The lowest BCUT2D eigenvalue weighted by Gasteiger charge is -2.36. The van der Waals surface area contributed by atoms with Crippen LogP contribution in [-0.4, -0.2) is 43.2 Å². The van der Waals surface area contributed by atoms with Crippen molar-refractivity contribution in [2.24, 2.45) is 5.92 Å². The highest BCUT2D eigenvalue weighted by molar-refractivity contribution is 5.97. The first kappa shape index (κ1) is 15.8. The highest BCUT2D eigenvalue weighted by Crippen LogP contribution is 2.24. The summed E-state index contributed by atoms with van der Waals surface area (Å²) >= 11 is 0. The molecular formula is C17H25NO3. The zero-order valence-electron chi connectivity index (χ0n) is 13.2. The second-order valence-corrected chi connectivity index (χ2v) is 5.79. The number of benzene rings is 1. The average molecular weight is 291 g/mol. The number of para-hydroxylation sites is 1. The molecule has 0 unspecified atom stereocenters. The Bertz CT molecular complexity index is 473. The summed E-state index contributed by atoms with van der Waals surface area (Å²) in [5.41, 5.74) is 0.648. The Morgan fingerprint density at radius 2 is 2.19 bits per heavy atom. The largest absolute Gasteiger partial charge is 0.493 e. The van der Waals surface area contributed by atoms with Crippen molar-refractivity contribution in [1.29, 1.82) is 0 Å². The molecule has 2 rings (SSSR count). The van der Waals surface area contributed by atoms with Crippen molar-refractivity contribution in [2.75, 3.05) is 26.4 Å². The second-order valence-electron chi connectivity index (χ2n) is 5.79. The standard InChI is InChI=1S/C17H25NO3/c1-4-21-16-8-6-5-7-15(16)17(19)18-9-10-20-12-14(18)11-13(2)3/h5-8,13-14H,4,9-12H2,1-3H3/t14-/m0/s1. The van der Waals surface area contributed by atoms with Gasteiger partial charge in [-0.3, -0.25) is 4.79 Å². The van der Waals surface area contributed by atoms with Crippen molar-refractivity contribution in [3.63, 3.8) is 0 Å². The summed E-state index contributed by atoms with van der Waals surface area (Å²) in [5.74, 6) is 1.25. The van der Waals surface area contributed by atoms with Gasteiger partial charge in [0.25, 0.3) is 5.91 Å². The van der Waals surface area contributed by atoms with Crippen LogP contribution in [0.25, 0.3) is 0 Å². The minimum Gasteiger partial charge on any atom is -0.493 e. The highest BCUT2D eigenvalue weighted by atomic mass is 16.5. The van der Waals surface area contributed by atoms with Gasteiger partial charge in [0, 0.05) is 6.54 Å². The quantitative estimate of drug-likeness (QED) is 0.837. The van der Waals surface area contributed by atoms with Crippen LogP contribution in [0.5, 0.6) is 5.75 Å². The summed E-state index contributed by atoms with van der Waals surface area (Å²) in [6.07, 6.45) is 0.961. The average Bonchev–Trinajstić information content (AvgIpc) is 2.47. The molecule has 1 amide bonds. The fraction of sp³-hybridized carbons (Fsp3) is 0.588. The molecule has 0 radical (unpaired) electrons. The van der Waals surface area contributed by atoms with E-state index in [4.69, 9.17) is 9.47 Å². The number of hydrogen-bond acceptors (Lipinski definition) is 3. The summed E-state index contributed by atoms with van der Waals surface area (Å²) in [6, 6.07) is 7.63. The van der Waals surface area contributed by atoms with Crippen LogP contribution < -0.4 is 4.74 Å². The molecule has 1 aromatic carbocycles. The molecule has 0 aromatic heterocycles. The molecule has 1 aromatic rings. The topological polar surface area (TPSA) is 38.8 Å². The molecule has 116 valence electrons. The van der Waals surface area contributed by atoms with Crippen molar-refractivity contribution in [1.82, 2.24) is 4.90 Å². The van der Waals surface area contributed by atoms with Crippen LogP contribution in [0.1, 0.15) is 37.6 Å². The van der Waals surface area contributed by atoms with Crippen molar-refractivity contribution >= 4 is 5.91 Å². The van der Waals surface area contributed by atoms with Gasteiger partial charge >= 0.3 is 0 Å². The van der Waals surface area contributed by atoms with Crippen LogP contribution in [0.2, 0.25) is 0 Å². The van der Waals surface area contributed by atoms with E-state index in [2.05, 4.69) is 13.8 Å². The number of amides is 1. The van der Waals surface area contributed by atoms with E-state index in [-0.39, 0.29) is 11.9 Å². The van der Waals surface area contributed by atoms with Gasteiger partial charge < -0.3 is 14.4 Å². The molecular weight excluding hydrogens is 266 g/mol. The maximum atomic E-state index is 12.9. The molecule has 0 saturated carbocycles. The Morgan fingerprint density at radius 3 is 2.90 bits per heavy atom. The molecule has 0 aliphatic carbocycles. The number of morpholine rings is 1. The third-order valence-electron chi connectivity index (χ3n) is 3.65. The molecule has 1 atom stereocenters. The Morgan fingerprint density at radius 1 is 1.43 bits per heavy atom. The van der Waals surface area contributed by atoms with Gasteiger partial charge in [-0.1, -0.05) is 26.0 Å². The highest BCUT2D eigenvalue weighted by Gasteiger charge is 2.29. The lowest BCUT2D eigenvalue weighted by molar-refractivity contribution is -0.00762. The summed E-state index contributed by atoms with van der Waals surface area (Å²) < 4.78 is 11.1. The zero-order valence-corrected chi connectivity index (χ0v) is 13.2. The molecule has 1 fully saturated rings. The lowest BCUT2D eigenvalue weighted by Crippen LogP contribution is -2.49. The summed E-state index contributed by atoms with van der Waals surface area (Å²) in [6.45, 7) is 8.71. The van der Waals surface area contributed by atoms with Gasteiger partial charge in [0.15, 0.2) is 0 Å². The number of hydrogen-bond donors (Lipinski definition) is 0. The molecule has 1 aliphatic rings. The summed E-state index contributed by atoms with van der Waals surface area (Å²) in [4.78, 5) is 14.8. The predicted octanol–water partition coefficient (Wildman–Crippen LogP) is 2.97. The monoisotopic (exact) mass is 291 g/mol. The van der Waals surface area contributed by atoms with Crippen LogP contribution in [0.3, 0.4) is 0 Å². The van der Waals surface area contributed by atoms with Gasteiger partial charge in [0.1, 0.15) is 5.75 Å². The molecule has 1 heterocycles. The van der Waals surface area contributed by atoms with E-state index >= 15 is 0 Å². The molecule has 21 heavy (non-hydrogen) atoms. The van der Waals surface area contributed by atoms with Gasteiger partial charge in [-0.2, -0.15) is 0 Å². The zero-order chi connectivity index (χ0) is 15.2. The maximum absolute atomic E-state index is 12.9. The SMILES string of the molecule is CCOc1ccccc1C(=O)N1CCOC[C@@H]1CC(C)C. The van der Waals surface area contributed by atoms with Crippen molar-refractivity contribution in [2.45, 2.75) is 33.2 Å². The Kier molecular flexibility index (Phi) is 5.62. The van der Waals surface area contributed by atoms with Gasteiger partial charge in [0.05, 0.1) is 31.4 Å². The molecule has 0 spiro atoms. The number of carbonyl (C=O) groups excluding carboxylic acids is 1. The van der Waals surface area contributed by atoms with Gasteiger partial charge in [-0.15, -0.1) is 0 Å². The first-order valence-corrected chi connectivity index (χ1v) is 7.74. The van der Waals surface area contributed by atoms with E-state index in [0.717, 1.165) is 6.42 Å². The predicted molar refractivity (Wildman–Crippen MR) is 82.7 cm³/mol. The molecule has 1 aliphatic heterocycles. The van der Waals surface area contributed by atoms with E-state index < -0.39 is 0 Å². The van der Waals surface area contributed by atoms with Crippen molar-refractivity contribution in [3.05, 3.63) is 29.8 Å². The van der Waals surface area contributed by atoms with Crippen molar-refractivity contribution in [3.8, 4) is 5.75 Å². The van der Waals surface area contributed by atoms with Crippen LogP contribution in [0.4, 0.5) is 0 Å². The number of nitrogens with zero attached hydrogens (tertiary/aromatic N) is 1. The van der Waals surface area contributed by atoms with Gasteiger partial charge in [-0.05, 0) is 31.4 Å². The van der Waals surface area contributed by atoms with E-state index in [1.807, 2.05) is 36.1 Å². The Hall–Kier alpha value is -1.55. The summed E-state index contributed by atoms with van der Waals surface area (Å²) in [7, 11) is 0.